The Balaban J connectivity index is 1.85. The normalized spacial score (nSPS) is 17.7. The maximum atomic E-state index is 13.0. The number of aryl methyl sites for hydroxylation is 2. The SMILES string of the molecule is Cc1cc(C)cc(N(C(=O)CNc2ccc(Cl)cc2)[C@H]2C=CS(=O)(=O)C2)c1. The molecule has 27 heavy (non-hydrogen) atoms. The van der Waals surface area contributed by atoms with Crippen LogP contribution in [0.3, 0.4) is 0 Å². The van der Waals surface area contributed by atoms with Crippen LogP contribution in [0.15, 0.2) is 53.9 Å². The van der Waals surface area contributed by atoms with Crippen molar-refractivity contribution in [2.24, 2.45) is 0 Å². The molecule has 1 aliphatic rings. The number of sulfone groups is 1. The van der Waals surface area contributed by atoms with E-state index in [4.69, 9.17) is 11.6 Å². The molecule has 142 valence electrons. The van der Waals surface area contributed by atoms with Crippen molar-refractivity contribution in [3.8, 4) is 0 Å². The summed E-state index contributed by atoms with van der Waals surface area (Å²) in [6.07, 6.45) is 1.58. The summed E-state index contributed by atoms with van der Waals surface area (Å²) in [6, 6.07) is 12.3. The number of anilines is 2. The first kappa shape index (κ1) is 19.5. The second-order valence-electron chi connectivity index (χ2n) is 6.70. The van der Waals surface area contributed by atoms with Crippen LogP contribution in [0.1, 0.15) is 11.1 Å². The van der Waals surface area contributed by atoms with E-state index in [2.05, 4.69) is 5.32 Å². The highest BCUT2D eigenvalue weighted by atomic mass is 35.5. The molecule has 1 atom stereocenters. The van der Waals surface area contributed by atoms with Crippen molar-refractivity contribution in [3.63, 3.8) is 0 Å². The summed E-state index contributed by atoms with van der Waals surface area (Å²) in [6.45, 7) is 3.94. The summed E-state index contributed by atoms with van der Waals surface area (Å²) in [7, 11) is -3.28. The van der Waals surface area contributed by atoms with Gasteiger partial charge in [0.05, 0.1) is 18.3 Å². The van der Waals surface area contributed by atoms with Gasteiger partial charge in [0.2, 0.25) is 5.91 Å². The van der Waals surface area contributed by atoms with Gasteiger partial charge in [0.25, 0.3) is 0 Å². The molecule has 2 aromatic carbocycles. The molecule has 1 N–H and O–H groups in total. The molecule has 0 bridgehead atoms. The number of hydrogen-bond acceptors (Lipinski definition) is 4. The summed E-state index contributed by atoms with van der Waals surface area (Å²) < 4.78 is 23.8. The van der Waals surface area contributed by atoms with Crippen LogP contribution < -0.4 is 10.2 Å². The molecule has 0 saturated heterocycles. The number of rotatable bonds is 5. The highest BCUT2D eigenvalue weighted by Gasteiger charge is 2.31. The van der Waals surface area contributed by atoms with Gasteiger partial charge < -0.3 is 10.2 Å². The largest absolute Gasteiger partial charge is 0.376 e. The third kappa shape index (κ3) is 4.90. The number of halogens is 1. The van der Waals surface area contributed by atoms with Crippen molar-refractivity contribution >= 4 is 38.7 Å². The molecule has 0 aliphatic carbocycles. The number of nitrogens with zero attached hydrogens (tertiary/aromatic N) is 1. The van der Waals surface area contributed by atoms with E-state index in [1.165, 1.54) is 5.41 Å². The number of carbonyl (C=O) groups is 1. The number of carbonyl (C=O) groups excluding carboxylic acids is 1. The lowest BCUT2D eigenvalue weighted by atomic mass is 10.1. The molecule has 0 aromatic heterocycles. The van der Waals surface area contributed by atoms with E-state index in [1.54, 1.807) is 35.2 Å². The lowest BCUT2D eigenvalue weighted by molar-refractivity contribution is -0.117. The van der Waals surface area contributed by atoms with Gasteiger partial charge in [0.1, 0.15) is 0 Å². The lowest BCUT2D eigenvalue weighted by Crippen LogP contribution is -2.44. The Labute approximate surface area is 164 Å². The van der Waals surface area contributed by atoms with Crippen LogP contribution in [0.2, 0.25) is 5.02 Å². The predicted molar refractivity (Wildman–Crippen MR) is 110 cm³/mol. The van der Waals surface area contributed by atoms with E-state index in [0.29, 0.717) is 10.7 Å². The molecule has 1 heterocycles. The minimum Gasteiger partial charge on any atom is -0.376 e. The van der Waals surface area contributed by atoms with Gasteiger partial charge in [-0.25, -0.2) is 8.42 Å². The number of nitrogens with one attached hydrogen (secondary N) is 1. The van der Waals surface area contributed by atoms with Crippen molar-refractivity contribution in [2.75, 3.05) is 22.5 Å². The van der Waals surface area contributed by atoms with Crippen molar-refractivity contribution in [2.45, 2.75) is 19.9 Å². The van der Waals surface area contributed by atoms with E-state index < -0.39 is 15.9 Å². The van der Waals surface area contributed by atoms with E-state index in [0.717, 1.165) is 16.8 Å². The highest BCUT2D eigenvalue weighted by Crippen LogP contribution is 2.25. The minimum absolute atomic E-state index is 0.0407. The molecule has 3 rings (SSSR count). The first-order valence-electron chi connectivity index (χ1n) is 8.54. The van der Waals surface area contributed by atoms with E-state index in [1.807, 2.05) is 32.0 Å². The van der Waals surface area contributed by atoms with Crippen LogP contribution in [0.5, 0.6) is 0 Å². The average molecular weight is 405 g/mol. The molecule has 0 saturated carbocycles. The Hall–Kier alpha value is -2.31. The molecule has 2 aromatic rings. The fourth-order valence-electron chi connectivity index (χ4n) is 3.16. The van der Waals surface area contributed by atoms with Gasteiger partial charge in [-0.15, -0.1) is 0 Å². The molecular formula is C20H21ClN2O3S. The highest BCUT2D eigenvalue weighted by molar-refractivity contribution is 7.94. The Bertz CT molecular complexity index is 965. The van der Waals surface area contributed by atoms with Crippen LogP contribution in [0.4, 0.5) is 11.4 Å². The van der Waals surface area contributed by atoms with Crippen LogP contribution in [-0.4, -0.2) is 32.7 Å². The first-order valence-corrected chi connectivity index (χ1v) is 10.6. The molecule has 0 unspecified atom stereocenters. The maximum Gasteiger partial charge on any atom is 0.246 e. The van der Waals surface area contributed by atoms with Crippen molar-refractivity contribution in [1.29, 1.82) is 0 Å². The summed E-state index contributed by atoms with van der Waals surface area (Å²) >= 11 is 5.88. The number of benzene rings is 2. The Morgan fingerprint density at radius 1 is 1.15 bits per heavy atom. The van der Waals surface area contributed by atoms with Crippen molar-refractivity contribution in [3.05, 3.63) is 70.1 Å². The van der Waals surface area contributed by atoms with E-state index in [-0.39, 0.29) is 18.2 Å². The van der Waals surface area contributed by atoms with E-state index >= 15 is 0 Å². The summed E-state index contributed by atoms with van der Waals surface area (Å²) in [4.78, 5) is 14.6. The van der Waals surface area contributed by atoms with Gasteiger partial charge in [-0.2, -0.15) is 0 Å². The van der Waals surface area contributed by atoms with Gasteiger partial charge in [0.15, 0.2) is 9.84 Å². The van der Waals surface area contributed by atoms with Gasteiger partial charge in [-0.05, 0) is 67.4 Å². The van der Waals surface area contributed by atoms with Crippen molar-refractivity contribution < 1.29 is 13.2 Å². The predicted octanol–water partition coefficient (Wildman–Crippen LogP) is 3.71. The Morgan fingerprint density at radius 2 is 1.78 bits per heavy atom. The van der Waals surface area contributed by atoms with Crippen LogP contribution in [0.25, 0.3) is 0 Å². The zero-order chi connectivity index (χ0) is 19.6. The average Bonchev–Trinajstić information content (AvgIpc) is 2.93. The number of amides is 1. The summed E-state index contributed by atoms with van der Waals surface area (Å²) in [5, 5.41) is 4.88. The molecule has 5 nitrogen and oxygen atoms in total. The van der Waals surface area contributed by atoms with E-state index in [9.17, 15) is 13.2 Å². The smallest absolute Gasteiger partial charge is 0.246 e. The fraction of sp³-hybridized carbons (Fsp3) is 0.250. The van der Waals surface area contributed by atoms with Gasteiger partial charge in [0, 0.05) is 21.8 Å². The summed E-state index contributed by atoms with van der Waals surface area (Å²) in [5.74, 6) is -0.311. The van der Waals surface area contributed by atoms with Crippen LogP contribution in [0, 0.1) is 13.8 Å². The second-order valence-corrected chi connectivity index (χ2v) is 9.06. The van der Waals surface area contributed by atoms with Crippen molar-refractivity contribution in [1.82, 2.24) is 0 Å². The zero-order valence-electron chi connectivity index (χ0n) is 15.1. The molecule has 0 fully saturated rings. The molecule has 0 spiro atoms. The quantitative estimate of drug-likeness (QED) is 0.824. The summed E-state index contributed by atoms with van der Waals surface area (Å²) in [5.41, 5.74) is 3.49. The first-order chi connectivity index (χ1) is 12.7. The molecule has 1 amide bonds. The standard InChI is InChI=1S/C20H21ClN2O3S/c1-14-9-15(2)11-19(10-14)23(18-7-8-27(25,26)13-18)20(24)12-22-17-5-3-16(21)4-6-17/h3-11,18,22H,12-13H2,1-2H3/t18-/m0/s1. The molecule has 1 aliphatic heterocycles. The molecule has 0 radical (unpaired) electrons. The Kier molecular flexibility index (Phi) is 5.58. The zero-order valence-corrected chi connectivity index (χ0v) is 16.7. The van der Waals surface area contributed by atoms with Crippen LogP contribution >= 0.6 is 11.6 Å². The maximum absolute atomic E-state index is 13.0. The number of hydrogen-bond donors (Lipinski definition) is 1. The lowest BCUT2D eigenvalue weighted by Gasteiger charge is -2.28. The fourth-order valence-corrected chi connectivity index (χ4v) is 4.55. The van der Waals surface area contributed by atoms with Crippen LogP contribution in [-0.2, 0) is 14.6 Å². The van der Waals surface area contributed by atoms with Gasteiger partial charge >= 0.3 is 0 Å². The third-order valence-corrected chi connectivity index (χ3v) is 5.91. The van der Waals surface area contributed by atoms with Gasteiger partial charge in [-0.1, -0.05) is 17.7 Å². The molecular weight excluding hydrogens is 384 g/mol. The topological polar surface area (TPSA) is 66.5 Å². The monoisotopic (exact) mass is 404 g/mol. The third-order valence-electron chi connectivity index (χ3n) is 4.28. The second kappa shape index (κ2) is 7.74. The van der Waals surface area contributed by atoms with Gasteiger partial charge in [-0.3, -0.25) is 4.79 Å². The Morgan fingerprint density at radius 3 is 2.33 bits per heavy atom. The minimum atomic E-state index is -3.28. The molecule has 7 heteroatoms.